The average molecular weight is 446 g/mol. The summed E-state index contributed by atoms with van der Waals surface area (Å²) < 4.78 is 12.6. The molecule has 1 heterocycles. The van der Waals surface area contributed by atoms with Gasteiger partial charge >= 0.3 is 0 Å². The largest absolute Gasteiger partial charge is 0.350 e. The Bertz CT molecular complexity index is 1130. The van der Waals surface area contributed by atoms with Crippen molar-refractivity contribution < 1.29 is 13.8 Å². The fraction of sp³-hybridized carbons (Fsp3) is 0.259. The maximum Gasteiger partial charge on any atom is 0.251 e. The first-order chi connectivity index (χ1) is 15.5. The van der Waals surface area contributed by atoms with E-state index in [0.29, 0.717) is 22.4 Å². The van der Waals surface area contributed by atoms with Crippen LogP contribution in [0.4, 0.5) is 0 Å². The third kappa shape index (κ3) is 5.22. The number of aryl methyl sites for hydroxylation is 1. The summed E-state index contributed by atoms with van der Waals surface area (Å²) in [6.07, 6.45) is 2.27. The van der Waals surface area contributed by atoms with Gasteiger partial charge in [0.05, 0.1) is 16.6 Å². The van der Waals surface area contributed by atoms with Crippen molar-refractivity contribution in [3.63, 3.8) is 0 Å². The second-order valence-corrected chi connectivity index (χ2v) is 9.77. The standard InChI is InChI=1S/C27H27NO3S/c1-19(12-13-20-8-4-2-5-9-20)28-27(30)22-14-15-26-24(17-22)23(25(29)18-32(26)31)16-21-10-6-3-7-11-21/h2-11,14-15,17,19,23H,12-13,16,18H2,1H3,(H,28,30). The van der Waals surface area contributed by atoms with Gasteiger partial charge in [-0.2, -0.15) is 0 Å². The number of ketones is 1. The zero-order valence-corrected chi connectivity index (χ0v) is 18.9. The molecule has 0 saturated heterocycles. The van der Waals surface area contributed by atoms with Crippen molar-refractivity contribution in [2.75, 3.05) is 5.75 Å². The number of rotatable bonds is 7. The van der Waals surface area contributed by atoms with Crippen LogP contribution in [0.25, 0.3) is 0 Å². The summed E-state index contributed by atoms with van der Waals surface area (Å²) in [5.74, 6) is -0.551. The van der Waals surface area contributed by atoms with Gasteiger partial charge in [0.2, 0.25) is 0 Å². The minimum atomic E-state index is -1.36. The molecule has 0 bridgehead atoms. The number of benzene rings is 3. The first-order valence-electron chi connectivity index (χ1n) is 10.9. The summed E-state index contributed by atoms with van der Waals surface area (Å²) >= 11 is 0. The third-order valence-corrected chi connectivity index (χ3v) is 7.33. The van der Waals surface area contributed by atoms with Gasteiger partial charge in [-0.3, -0.25) is 13.8 Å². The summed E-state index contributed by atoms with van der Waals surface area (Å²) in [5.41, 5.74) is 3.51. The zero-order valence-electron chi connectivity index (χ0n) is 18.1. The number of amides is 1. The van der Waals surface area contributed by atoms with Gasteiger partial charge in [-0.1, -0.05) is 60.7 Å². The van der Waals surface area contributed by atoms with Gasteiger partial charge in [0.1, 0.15) is 0 Å². The van der Waals surface area contributed by atoms with Crippen molar-refractivity contribution in [2.24, 2.45) is 0 Å². The van der Waals surface area contributed by atoms with Gasteiger partial charge in [0, 0.05) is 22.4 Å². The molecule has 3 aromatic carbocycles. The van der Waals surface area contributed by atoms with Crippen molar-refractivity contribution in [1.29, 1.82) is 0 Å². The summed E-state index contributed by atoms with van der Waals surface area (Å²) in [6.45, 7) is 2.00. The molecule has 0 radical (unpaired) electrons. The molecule has 164 valence electrons. The number of hydrogen-bond donors (Lipinski definition) is 1. The van der Waals surface area contributed by atoms with E-state index < -0.39 is 10.8 Å². The molecule has 5 heteroatoms. The lowest BCUT2D eigenvalue weighted by molar-refractivity contribution is -0.118. The molecule has 1 N–H and O–H groups in total. The molecule has 3 unspecified atom stereocenters. The summed E-state index contributed by atoms with van der Waals surface area (Å²) in [6, 6.07) is 25.2. The lowest BCUT2D eigenvalue weighted by Gasteiger charge is -2.25. The summed E-state index contributed by atoms with van der Waals surface area (Å²) in [4.78, 5) is 26.3. The van der Waals surface area contributed by atoms with Crippen LogP contribution < -0.4 is 5.32 Å². The van der Waals surface area contributed by atoms with Crippen LogP contribution in [0.15, 0.2) is 83.8 Å². The van der Waals surface area contributed by atoms with E-state index >= 15 is 0 Å². The molecule has 3 atom stereocenters. The lowest BCUT2D eigenvalue weighted by Crippen LogP contribution is -2.33. The van der Waals surface area contributed by atoms with Crippen LogP contribution >= 0.6 is 0 Å². The Morgan fingerprint density at radius 2 is 1.66 bits per heavy atom. The van der Waals surface area contributed by atoms with E-state index in [4.69, 9.17) is 0 Å². The van der Waals surface area contributed by atoms with Crippen LogP contribution in [0.5, 0.6) is 0 Å². The quantitative estimate of drug-likeness (QED) is 0.584. The Morgan fingerprint density at radius 1 is 1.00 bits per heavy atom. The Kier molecular flexibility index (Phi) is 6.96. The number of Topliss-reactive ketones (excluding diaryl/α,β-unsaturated/α-hetero) is 1. The summed E-state index contributed by atoms with van der Waals surface area (Å²) in [7, 11) is -1.36. The van der Waals surface area contributed by atoms with E-state index in [1.807, 2.05) is 55.5 Å². The SMILES string of the molecule is CC(CCc1ccccc1)NC(=O)c1ccc2c(c1)C(Cc1ccccc1)C(=O)CS2=O. The maximum atomic E-state index is 12.9. The minimum absolute atomic E-state index is 0.00891. The predicted molar refractivity (Wildman–Crippen MR) is 127 cm³/mol. The highest BCUT2D eigenvalue weighted by atomic mass is 32.2. The molecule has 0 aliphatic carbocycles. The van der Waals surface area contributed by atoms with Crippen molar-refractivity contribution in [1.82, 2.24) is 5.32 Å². The summed E-state index contributed by atoms with van der Waals surface area (Å²) in [5, 5.41) is 3.06. The van der Waals surface area contributed by atoms with Gasteiger partial charge < -0.3 is 5.32 Å². The van der Waals surface area contributed by atoms with Crippen molar-refractivity contribution in [2.45, 2.75) is 43.0 Å². The highest BCUT2D eigenvalue weighted by molar-refractivity contribution is 7.86. The van der Waals surface area contributed by atoms with E-state index in [1.165, 1.54) is 5.56 Å². The average Bonchev–Trinajstić information content (AvgIpc) is 2.81. The molecular weight excluding hydrogens is 418 g/mol. The van der Waals surface area contributed by atoms with Crippen LogP contribution in [-0.4, -0.2) is 27.7 Å². The molecule has 0 saturated carbocycles. The monoisotopic (exact) mass is 445 g/mol. The number of carbonyl (C=O) groups excluding carboxylic acids is 2. The third-order valence-electron chi connectivity index (χ3n) is 5.92. The minimum Gasteiger partial charge on any atom is -0.350 e. The van der Waals surface area contributed by atoms with Crippen LogP contribution in [-0.2, 0) is 28.4 Å². The molecule has 1 aliphatic heterocycles. The molecule has 4 rings (SSSR count). The topological polar surface area (TPSA) is 63.2 Å². The molecule has 0 spiro atoms. The van der Waals surface area contributed by atoms with Gasteiger partial charge in [-0.15, -0.1) is 0 Å². The van der Waals surface area contributed by atoms with Gasteiger partial charge in [0.25, 0.3) is 5.91 Å². The Hall–Kier alpha value is -3.05. The van der Waals surface area contributed by atoms with Crippen LogP contribution in [0.2, 0.25) is 0 Å². The van der Waals surface area contributed by atoms with E-state index in [-0.39, 0.29) is 29.4 Å². The van der Waals surface area contributed by atoms with Gasteiger partial charge in [0.15, 0.2) is 5.78 Å². The van der Waals surface area contributed by atoms with Crippen molar-refractivity contribution in [3.8, 4) is 0 Å². The molecule has 32 heavy (non-hydrogen) atoms. The highest BCUT2D eigenvalue weighted by Crippen LogP contribution is 2.33. The molecule has 1 aliphatic rings. The van der Waals surface area contributed by atoms with E-state index in [1.54, 1.807) is 18.2 Å². The molecule has 1 amide bonds. The Balaban J connectivity index is 1.50. The van der Waals surface area contributed by atoms with Gasteiger partial charge in [-0.25, -0.2) is 0 Å². The number of fused-ring (bicyclic) bond motifs is 1. The number of carbonyl (C=O) groups is 2. The molecule has 0 fully saturated rings. The highest BCUT2D eigenvalue weighted by Gasteiger charge is 2.32. The van der Waals surface area contributed by atoms with E-state index in [0.717, 1.165) is 18.4 Å². The maximum absolute atomic E-state index is 12.9. The lowest BCUT2D eigenvalue weighted by atomic mass is 9.87. The van der Waals surface area contributed by atoms with Gasteiger partial charge in [-0.05, 0) is 61.1 Å². The molecule has 0 aromatic heterocycles. The normalized spacial score (nSPS) is 18.6. The molecule has 4 nitrogen and oxygen atoms in total. The fourth-order valence-electron chi connectivity index (χ4n) is 4.13. The fourth-order valence-corrected chi connectivity index (χ4v) is 5.43. The second-order valence-electron chi connectivity index (χ2n) is 8.35. The van der Waals surface area contributed by atoms with E-state index in [9.17, 15) is 13.8 Å². The smallest absolute Gasteiger partial charge is 0.251 e. The predicted octanol–water partition coefficient (Wildman–Crippen LogP) is 4.45. The Morgan fingerprint density at radius 3 is 2.34 bits per heavy atom. The number of hydrogen-bond acceptors (Lipinski definition) is 3. The first-order valence-corrected chi connectivity index (χ1v) is 12.3. The van der Waals surface area contributed by atoms with Crippen LogP contribution in [0, 0.1) is 0 Å². The first kappa shape index (κ1) is 22.2. The molecular formula is C27H27NO3S. The molecule has 3 aromatic rings. The Labute approximate surface area is 191 Å². The van der Waals surface area contributed by atoms with E-state index in [2.05, 4.69) is 17.4 Å². The van der Waals surface area contributed by atoms with Crippen molar-refractivity contribution >= 4 is 22.5 Å². The van der Waals surface area contributed by atoms with Crippen LogP contribution in [0.1, 0.15) is 46.3 Å². The van der Waals surface area contributed by atoms with Crippen molar-refractivity contribution in [3.05, 3.63) is 101 Å². The van der Waals surface area contributed by atoms with Crippen LogP contribution in [0.3, 0.4) is 0 Å². The second kappa shape index (κ2) is 10.0. The zero-order chi connectivity index (χ0) is 22.5. The number of nitrogens with one attached hydrogen (secondary N) is 1.